The van der Waals surface area contributed by atoms with Gasteiger partial charge < -0.3 is 0 Å². The number of halogens is 1. The second-order valence-corrected chi connectivity index (χ2v) is 4.03. The van der Waals surface area contributed by atoms with Crippen molar-refractivity contribution >= 4 is 5.69 Å². The van der Waals surface area contributed by atoms with Gasteiger partial charge in [0, 0.05) is 10.5 Å². The molecule has 2 N–H and O–H groups in total. The van der Waals surface area contributed by atoms with Gasteiger partial charge in [0.25, 0.3) is 0 Å². The molecule has 1 heterocycles. The van der Waals surface area contributed by atoms with E-state index >= 15 is 0 Å². The van der Waals surface area contributed by atoms with E-state index in [1.807, 2.05) is 5.48 Å². The molecule has 1 aromatic heterocycles. The lowest BCUT2D eigenvalue weighted by atomic mass is 10.1. The Morgan fingerprint density at radius 2 is 2.20 bits per heavy atom. The molecule has 1 aromatic carbocycles. The second-order valence-electron chi connectivity index (χ2n) is 4.03. The summed E-state index contributed by atoms with van der Waals surface area (Å²) in [6.07, 6.45) is 1.64. The molecular weight excluding hydrogens is 265 g/mol. The molecule has 104 valence electrons. The molecule has 2 rings (SSSR count). The number of anilines is 1. The van der Waals surface area contributed by atoms with Gasteiger partial charge in [-0.05, 0) is 17.7 Å². The first kappa shape index (κ1) is 13.8. The molecule has 0 bridgehead atoms. The first-order valence-corrected chi connectivity index (χ1v) is 5.77. The van der Waals surface area contributed by atoms with Crippen LogP contribution in [0.25, 0.3) is 21.7 Å². The van der Waals surface area contributed by atoms with Crippen LogP contribution in [0.3, 0.4) is 0 Å². The molecule has 0 radical (unpaired) electrons. The molecule has 8 nitrogen and oxygen atoms in total. The van der Waals surface area contributed by atoms with Crippen molar-refractivity contribution in [1.82, 2.24) is 15.0 Å². The Kier molecular flexibility index (Phi) is 4.48. The zero-order valence-electron chi connectivity index (χ0n) is 10.4. The van der Waals surface area contributed by atoms with Gasteiger partial charge >= 0.3 is 0 Å². The van der Waals surface area contributed by atoms with E-state index in [9.17, 15) is 4.39 Å². The Bertz CT molecular complexity index is 605. The smallest absolute Gasteiger partial charge is 0.113 e. The van der Waals surface area contributed by atoms with Crippen LogP contribution in [0.2, 0.25) is 0 Å². The van der Waals surface area contributed by atoms with Crippen molar-refractivity contribution in [1.29, 1.82) is 0 Å². The van der Waals surface area contributed by atoms with Gasteiger partial charge in [0.1, 0.15) is 5.69 Å². The van der Waals surface area contributed by atoms with Crippen molar-refractivity contribution in [2.75, 3.05) is 12.2 Å². The monoisotopic (exact) mass is 277 g/mol. The fourth-order valence-corrected chi connectivity index (χ4v) is 1.64. The minimum atomic E-state index is -0.796. The van der Waals surface area contributed by atoms with E-state index in [4.69, 9.17) is 10.7 Å². The summed E-state index contributed by atoms with van der Waals surface area (Å²) in [6.45, 7) is -0.625. The highest BCUT2D eigenvalue weighted by Crippen LogP contribution is 2.18. The van der Waals surface area contributed by atoms with Crippen LogP contribution in [-0.2, 0) is 6.54 Å². The Hall–Kier alpha value is -2.64. The van der Waals surface area contributed by atoms with Crippen molar-refractivity contribution in [2.45, 2.75) is 12.6 Å². The van der Waals surface area contributed by atoms with E-state index in [-0.39, 0.29) is 6.54 Å². The van der Waals surface area contributed by atoms with Crippen LogP contribution >= 0.6 is 0 Å². The van der Waals surface area contributed by atoms with Gasteiger partial charge in [-0.15, -0.1) is 5.10 Å². The number of alkyl halides is 1. The van der Waals surface area contributed by atoms with Crippen LogP contribution < -0.4 is 5.48 Å². The molecule has 9 heteroatoms. The van der Waals surface area contributed by atoms with Crippen LogP contribution in [0.4, 0.5) is 10.1 Å². The molecule has 1 unspecified atom stereocenters. The van der Waals surface area contributed by atoms with E-state index in [0.29, 0.717) is 11.4 Å². The van der Waals surface area contributed by atoms with Crippen molar-refractivity contribution in [3.63, 3.8) is 0 Å². The van der Waals surface area contributed by atoms with Gasteiger partial charge in [-0.3, -0.25) is 19.8 Å². The zero-order chi connectivity index (χ0) is 14.4. The van der Waals surface area contributed by atoms with Crippen LogP contribution in [0.1, 0.15) is 0 Å². The van der Waals surface area contributed by atoms with E-state index in [1.54, 1.807) is 30.5 Å². The number of aromatic nitrogens is 3. The Morgan fingerprint density at radius 3 is 2.80 bits per heavy atom. The first-order valence-electron chi connectivity index (χ1n) is 5.77. The number of nitrogens with zero attached hydrogens (tertiary/aromatic N) is 6. The van der Waals surface area contributed by atoms with Gasteiger partial charge in [0.15, 0.2) is 0 Å². The lowest BCUT2D eigenvalue weighted by Crippen LogP contribution is -2.16. The number of hydrogen-bond acceptors (Lipinski definition) is 5. The molecule has 0 aliphatic rings. The number of nitrogens with one attached hydrogen (secondary N) is 1. The average molecular weight is 277 g/mol. The molecule has 20 heavy (non-hydrogen) atoms. The second kappa shape index (κ2) is 6.50. The van der Waals surface area contributed by atoms with Gasteiger partial charge in [-0.1, -0.05) is 22.5 Å². The van der Waals surface area contributed by atoms with Crippen LogP contribution in [0, 0.1) is 0 Å². The number of hydrogen-bond donors (Lipinski definition) is 2. The summed E-state index contributed by atoms with van der Waals surface area (Å²) in [4.78, 5) is 2.58. The van der Waals surface area contributed by atoms with Gasteiger partial charge in [0.2, 0.25) is 0 Å². The van der Waals surface area contributed by atoms with Gasteiger partial charge in [-0.2, -0.15) is 0 Å². The van der Waals surface area contributed by atoms with Crippen molar-refractivity contribution in [3.8, 4) is 11.3 Å². The molecule has 0 fully saturated rings. The predicted octanol–water partition coefficient (Wildman–Crippen LogP) is 2.39. The quantitative estimate of drug-likeness (QED) is 0.365. The lowest BCUT2D eigenvalue weighted by molar-refractivity contribution is 0.381. The molecular formula is C11H12FN7O. The standard InChI is InChI=1S/C11H12FN7O/c12-5-10(14-17-13)6-19-7-11(15-18-19)8-1-3-9(16-20)4-2-8/h1-4,7,10,16,20H,5-6H2. The highest BCUT2D eigenvalue weighted by Gasteiger charge is 2.10. The van der Waals surface area contributed by atoms with Crippen LogP contribution in [-0.4, -0.2) is 32.9 Å². The largest absolute Gasteiger partial charge is 0.291 e. The number of benzene rings is 1. The first-order chi connectivity index (χ1) is 9.76. The summed E-state index contributed by atoms with van der Waals surface area (Å²) < 4.78 is 14.0. The molecule has 0 spiro atoms. The van der Waals surface area contributed by atoms with E-state index in [0.717, 1.165) is 5.56 Å². The maximum Gasteiger partial charge on any atom is 0.113 e. The predicted molar refractivity (Wildman–Crippen MR) is 69.8 cm³/mol. The normalized spacial score (nSPS) is 11.7. The summed E-state index contributed by atoms with van der Waals surface area (Å²) in [5.74, 6) is 0. The van der Waals surface area contributed by atoms with Gasteiger partial charge in [0.05, 0.1) is 31.1 Å². The highest BCUT2D eigenvalue weighted by atomic mass is 19.1. The Balaban J connectivity index is 2.13. The van der Waals surface area contributed by atoms with Crippen molar-refractivity contribution in [2.24, 2.45) is 5.11 Å². The maximum atomic E-state index is 12.6. The van der Waals surface area contributed by atoms with E-state index < -0.39 is 12.7 Å². The maximum absolute atomic E-state index is 12.6. The van der Waals surface area contributed by atoms with Crippen molar-refractivity contribution in [3.05, 3.63) is 40.9 Å². The molecule has 2 aromatic rings. The summed E-state index contributed by atoms with van der Waals surface area (Å²) in [5.41, 5.74) is 12.3. The molecule has 0 aliphatic heterocycles. The topological polar surface area (TPSA) is 112 Å². The van der Waals surface area contributed by atoms with Crippen molar-refractivity contribution < 1.29 is 9.60 Å². The third-order valence-electron chi connectivity index (χ3n) is 2.64. The molecule has 0 saturated heterocycles. The fraction of sp³-hybridized carbons (Fsp3) is 0.273. The third-order valence-corrected chi connectivity index (χ3v) is 2.64. The minimum Gasteiger partial charge on any atom is -0.291 e. The molecule has 0 saturated carbocycles. The summed E-state index contributed by atoms with van der Waals surface area (Å²) in [7, 11) is 0. The molecule has 0 amide bonds. The number of rotatable bonds is 6. The average Bonchev–Trinajstić information content (AvgIpc) is 2.95. The Morgan fingerprint density at radius 1 is 1.45 bits per heavy atom. The Labute approximate surface area is 113 Å². The highest BCUT2D eigenvalue weighted by molar-refractivity contribution is 5.61. The third kappa shape index (κ3) is 3.22. The molecule has 1 atom stereocenters. The minimum absolute atomic E-state index is 0.129. The zero-order valence-corrected chi connectivity index (χ0v) is 10.4. The van der Waals surface area contributed by atoms with Crippen LogP contribution in [0.5, 0.6) is 0 Å². The fourth-order valence-electron chi connectivity index (χ4n) is 1.64. The summed E-state index contributed by atoms with van der Waals surface area (Å²) in [5, 5.41) is 19.9. The molecule has 0 aliphatic carbocycles. The number of azide groups is 1. The SMILES string of the molecule is [N-]=[N+]=NC(CF)Cn1cc(-c2ccc(NO)cc2)nn1. The van der Waals surface area contributed by atoms with E-state index in [1.165, 1.54) is 4.68 Å². The lowest BCUT2D eigenvalue weighted by Gasteiger charge is -2.04. The summed E-state index contributed by atoms with van der Waals surface area (Å²) in [6, 6.07) is 6.08. The van der Waals surface area contributed by atoms with E-state index in [2.05, 4.69) is 20.3 Å². The summed E-state index contributed by atoms with van der Waals surface area (Å²) >= 11 is 0. The van der Waals surface area contributed by atoms with Crippen LogP contribution in [0.15, 0.2) is 35.6 Å². The van der Waals surface area contributed by atoms with Gasteiger partial charge in [-0.25, -0.2) is 0 Å².